The SMILES string of the molecule is CN(CC1CCCN1)C(=O)c1nccc2ccccc12. The summed E-state index contributed by atoms with van der Waals surface area (Å²) < 4.78 is 0. The second-order valence-electron chi connectivity index (χ2n) is 5.36. The van der Waals surface area contributed by atoms with Crippen molar-refractivity contribution in [2.75, 3.05) is 20.1 Å². The first-order chi connectivity index (χ1) is 9.75. The summed E-state index contributed by atoms with van der Waals surface area (Å²) in [5.41, 5.74) is 0.545. The first kappa shape index (κ1) is 13.1. The molecule has 1 aromatic heterocycles. The van der Waals surface area contributed by atoms with Gasteiger partial charge in [-0.3, -0.25) is 9.78 Å². The van der Waals surface area contributed by atoms with Crippen LogP contribution in [0.4, 0.5) is 0 Å². The van der Waals surface area contributed by atoms with Crippen molar-refractivity contribution < 1.29 is 4.79 Å². The van der Waals surface area contributed by atoms with Crippen molar-refractivity contribution in [3.8, 4) is 0 Å². The van der Waals surface area contributed by atoms with Crippen molar-refractivity contribution >= 4 is 16.7 Å². The van der Waals surface area contributed by atoms with Gasteiger partial charge in [0.25, 0.3) is 5.91 Å². The number of benzene rings is 1. The molecular formula is C16H19N3O. The Morgan fingerprint density at radius 3 is 3.05 bits per heavy atom. The van der Waals surface area contributed by atoms with Gasteiger partial charge in [-0.15, -0.1) is 0 Å². The van der Waals surface area contributed by atoms with Crippen LogP contribution < -0.4 is 5.32 Å². The highest BCUT2D eigenvalue weighted by atomic mass is 16.2. The molecule has 1 aliphatic rings. The Bertz CT molecular complexity index is 615. The van der Waals surface area contributed by atoms with E-state index in [0.29, 0.717) is 11.7 Å². The number of nitrogens with one attached hydrogen (secondary N) is 1. The summed E-state index contributed by atoms with van der Waals surface area (Å²) in [7, 11) is 1.85. The second-order valence-corrected chi connectivity index (χ2v) is 5.36. The Labute approximate surface area is 118 Å². The number of hydrogen-bond donors (Lipinski definition) is 1. The molecule has 1 N–H and O–H groups in total. The molecule has 3 rings (SSSR count). The molecule has 2 heterocycles. The smallest absolute Gasteiger partial charge is 0.272 e. The minimum Gasteiger partial charge on any atom is -0.339 e. The number of nitrogens with zero attached hydrogens (tertiary/aromatic N) is 2. The summed E-state index contributed by atoms with van der Waals surface area (Å²) in [6, 6.07) is 10.2. The van der Waals surface area contributed by atoms with Crippen molar-refractivity contribution in [3.05, 3.63) is 42.2 Å². The van der Waals surface area contributed by atoms with E-state index in [9.17, 15) is 4.79 Å². The van der Waals surface area contributed by atoms with Crippen molar-refractivity contribution in [1.29, 1.82) is 0 Å². The van der Waals surface area contributed by atoms with Crippen LogP contribution in [0.15, 0.2) is 36.5 Å². The monoisotopic (exact) mass is 269 g/mol. The second kappa shape index (κ2) is 5.59. The van der Waals surface area contributed by atoms with E-state index < -0.39 is 0 Å². The highest BCUT2D eigenvalue weighted by Gasteiger charge is 2.21. The molecule has 0 aliphatic carbocycles. The Hall–Kier alpha value is -1.94. The summed E-state index contributed by atoms with van der Waals surface area (Å²) in [4.78, 5) is 18.6. The number of carbonyl (C=O) groups is 1. The maximum atomic E-state index is 12.6. The third kappa shape index (κ3) is 2.51. The van der Waals surface area contributed by atoms with Crippen LogP contribution in [0.3, 0.4) is 0 Å². The van der Waals surface area contributed by atoms with Gasteiger partial charge in [-0.1, -0.05) is 24.3 Å². The molecule has 104 valence electrons. The molecule has 1 aromatic carbocycles. The van der Waals surface area contributed by atoms with Crippen LogP contribution in [0.2, 0.25) is 0 Å². The fraction of sp³-hybridized carbons (Fsp3) is 0.375. The quantitative estimate of drug-likeness (QED) is 0.927. The molecule has 1 aliphatic heterocycles. The van der Waals surface area contributed by atoms with Crippen LogP contribution >= 0.6 is 0 Å². The van der Waals surface area contributed by atoms with Gasteiger partial charge in [0.1, 0.15) is 5.69 Å². The largest absolute Gasteiger partial charge is 0.339 e. The van der Waals surface area contributed by atoms with Crippen LogP contribution in [0, 0.1) is 0 Å². The lowest BCUT2D eigenvalue weighted by atomic mass is 10.1. The highest BCUT2D eigenvalue weighted by Crippen LogP contribution is 2.18. The van der Waals surface area contributed by atoms with Crippen molar-refractivity contribution in [2.24, 2.45) is 0 Å². The summed E-state index contributed by atoms with van der Waals surface area (Å²) in [5.74, 6) is -0.00417. The lowest BCUT2D eigenvalue weighted by Gasteiger charge is -2.21. The zero-order valence-electron chi connectivity index (χ0n) is 11.7. The summed E-state index contributed by atoms with van der Waals surface area (Å²) in [6.07, 6.45) is 4.04. The van der Waals surface area contributed by atoms with E-state index in [1.165, 1.54) is 6.42 Å². The Morgan fingerprint density at radius 1 is 1.40 bits per heavy atom. The summed E-state index contributed by atoms with van der Waals surface area (Å²) in [5, 5.41) is 5.39. The molecule has 0 spiro atoms. The molecule has 0 saturated carbocycles. The van der Waals surface area contributed by atoms with Gasteiger partial charge >= 0.3 is 0 Å². The van der Waals surface area contributed by atoms with Gasteiger partial charge in [0.05, 0.1) is 0 Å². The Kier molecular flexibility index (Phi) is 3.65. The number of pyridine rings is 1. The maximum Gasteiger partial charge on any atom is 0.272 e. The number of likely N-dealkylation sites (N-methyl/N-ethyl adjacent to an activating group) is 1. The maximum absolute atomic E-state index is 12.6. The molecule has 0 radical (unpaired) electrons. The molecule has 20 heavy (non-hydrogen) atoms. The number of fused-ring (bicyclic) bond motifs is 1. The zero-order chi connectivity index (χ0) is 13.9. The predicted molar refractivity (Wildman–Crippen MR) is 79.7 cm³/mol. The molecule has 1 atom stereocenters. The van der Waals surface area contributed by atoms with Gasteiger partial charge in [-0.25, -0.2) is 0 Å². The molecule has 4 heteroatoms. The molecule has 4 nitrogen and oxygen atoms in total. The standard InChI is InChI=1S/C16H19N3O/c1-19(11-13-6-4-9-17-13)16(20)15-14-7-3-2-5-12(14)8-10-18-15/h2-3,5,7-8,10,13,17H,4,6,9,11H2,1H3. The minimum absolute atomic E-state index is 0.00417. The fourth-order valence-corrected chi connectivity index (χ4v) is 2.80. The van der Waals surface area contributed by atoms with Gasteiger partial charge in [-0.2, -0.15) is 0 Å². The van der Waals surface area contributed by atoms with E-state index in [1.807, 2.05) is 37.4 Å². The van der Waals surface area contributed by atoms with Crippen LogP contribution in [-0.4, -0.2) is 42.0 Å². The Morgan fingerprint density at radius 2 is 2.25 bits per heavy atom. The number of amides is 1. The third-order valence-electron chi connectivity index (χ3n) is 3.88. The van der Waals surface area contributed by atoms with Crippen LogP contribution in [0.5, 0.6) is 0 Å². The van der Waals surface area contributed by atoms with E-state index in [-0.39, 0.29) is 5.91 Å². The first-order valence-corrected chi connectivity index (χ1v) is 7.08. The van der Waals surface area contributed by atoms with E-state index in [2.05, 4.69) is 10.3 Å². The van der Waals surface area contributed by atoms with E-state index in [4.69, 9.17) is 0 Å². The number of hydrogen-bond acceptors (Lipinski definition) is 3. The van der Waals surface area contributed by atoms with Crippen molar-refractivity contribution in [3.63, 3.8) is 0 Å². The number of carbonyl (C=O) groups excluding carboxylic acids is 1. The van der Waals surface area contributed by atoms with Crippen LogP contribution in [0.25, 0.3) is 10.8 Å². The molecule has 2 aromatic rings. The van der Waals surface area contributed by atoms with Gasteiger partial charge in [0, 0.05) is 31.2 Å². The van der Waals surface area contributed by atoms with E-state index in [1.54, 1.807) is 11.1 Å². The average molecular weight is 269 g/mol. The van der Waals surface area contributed by atoms with Gasteiger partial charge in [0.2, 0.25) is 0 Å². The van der Waals surface area contributed by atoms with Crippen molar-refractivity contribution in [1.82, 2.24) is 15.2 Å². The Balaban J connectivity index is 1.84. The van der Waals surface area contributed by atoms with Gasteiger partial charge in [-0.05, 0) is 30.8 Å². The lowest BCUT2D eigenvalue weighted by molar-refractivity contribution is 0.0780. The fourth-order valence-electron chi connectivity index (χ4n) is 2.80. The van der Waals surface area contributed by atoms with Crippen molar-refractivity contribution in [2.45, 2.75) is 18.9 Å². The molecule has 0 bridgehead atoms. The summed E-state index contributed by atoms with van der Waals surface area (Å²) in [6.45, 7) is 1.79. The average Bonchev–Trinajstić information content (AvgIpc) is 2.99. The predicted octanol–water partition coefficient (Wildman–Crippen LogP) is 2.06. The van der Waals surface area contributed by atoms with Gasteiger partial charge in [0.15, 0.2) is 0 Å². The highest BCUT2D eigenvalue weighted by molar-refractivity contribution is 6.05. The first-order valence-electron chi connectivity index (χ1n) is 7.08. The molecule has 1 unspecified atom stereocenters. The van der Waals surface area contributed by atoms with Gasteiger partial charge < -0.3 is 10.2 Å². The topological polar surface area (TPSA) is 45.2 Å². The molecule has 1 amide bonds. The van der Waals surface area contributed by atoms with E-state index in [0.717, 1.165) is 30.3 Å². The lowest BCUT2D eigenvalue weighted by Crippen LogP contribution is -2.39. The normalized spacial score (nSPS) is 18.4. The van der Waals surface area contributed by atoms with Crippen LogP contribution in [0.1, 0.15) is 23.3 Å². The number of rotatable bonds is 3. The minimum atomic E-state index is -0.00417. The molecule has 1 saturated heterocycles. The van der Waals surface area contributed by atoms with E-state index >= 15 is 0 Å². The van der Waals surface area contributed by atoms with Crippen LogP contribution in [-0.2, 0) is 0 Å². The summed E-state index contributed by atoms with van der Waals surface area (Å²) >= 11 is 0. The zero-order valence-corrected chi connectivity index (χ0v) is 11.7. The molecule has 1 fully saturated rings. The third-order valence-corrected chi connectivity index (χ3v) is 3.88. The molecular weight excluding hydrogens is 250 g/mol. The number of aromatic nitrogens is 1.